The third-order valence-electron chi connectivity index (χ3n) is 2.98. The molecule has 0 aliphatic rings. The van der Waals surface area contributed by atoms with Crippen molar-refractivity contribution in [3.63, 3.8) is 0 Å². The van der Waals surface area contributed by atoms with Gasteiger partial charge >= 0.3 is 6.18 Å². The molecule has 0 spiro atoms. The molecule has 0 aliphatic carbocycles. The Kier molecular flexibility index (Phi) is 4.46. The lowest BCUT2D eigenvalue weighted by Gasteiger charge is -2.17. The van der Waals surface area contributed by atoms with Crippen LogP contribution in [0.5, 0.6) is 5.75 Å². The minimum atomic E-state index is -4.39. The second-order valence-electron chi connectivity index (χ2n) is 4.69. The van der Waals surface area contributed by atoms with Gasteiger partial charge in [-0.2, -0.15) is 13.2 Å². The number of hydrogen-bond donors (Lipinski definition) is 2. The van der Waals surface area contributed by atoms with E-state index in [0.717, 1.165) is 17.7 Å². The number of halogens is 4. The van der Waals surface area contributed by atoms with E-state index in [4.69, 9.17) is 0 Å². The maximum atomic E-state index is 12.8. The Balaban J connectivity index is 2.25. The summed E-state index contributed by atoms with van der Waals surface area (Å²) < 4.78 is 38.7. The van der Waals surface area contributed by atoms with Gasteiger partial charge in [0.05, 0.1) is 5.56 Å². The molecule has 0 aliphatic heterocycles. The maximum absolute atomic E-state index is 12.8. The second-order valence-corrected chi connectivity index (χ2v) is 5.60. The Labute approximate surface area is 128 Å². The molecule has 6 heteroatoms. The van der Waals surface area contributed by atoms with E-state index in [2.05, 4.69) is 21.2 Å². The van der Waals surface area contributed by atoms with E-state index in [0.29, 0.717) is 10.2 Å². The highest BCUT2D eigenvalue weighted by Gasteiger charge is 2.31. The summed E-state index contributed by atoms with van der Waals surface area (Å²) in [5.74, 6) is 0.117. The summed E-state index contributed by atoms with van der Waals surface area (Å²) in [7, 11) is 0. The average Bonchev–Trinajstić information content (AvgIpc) is 2.37. The molecule has 0 heterocycles. The monoisotopic (exact) mass is 359 g/mol. The third-order valence-corrected chi connectivity index (χ3v) is 3.44. The molecular weight excluding hydrogens is 347 g/mol. The molecule has 0 amide bonds. The van der Waals surface area contributed by atoms with E-state index >= 15 is 0 Å². The topological polar surface area (TPSA) is 32.3 Å². The SMILES string of the molecule is CC(Nc1cc(Br)cc(C(F)(F)F)c1)c1cccc(O)c1. The fraction of sp³-hybridized carbons (Fsp3) is 0.200. The van der Waals surface area contributed by atoms with Crippen molar-refractivity contribution < 1.29 is 18.3 Å². The third kappa shape index (κ3) is 4.14. The largest absolute Gasteiger partial charge is 0.508 e. The molecule has 0 saturated carbocycles. The minimum absolute atomic E-state index is 0.117. The number of hydrogen-bond acceptors (Lipinski definition) is 2. The van der Waals surface area contributed by atoms with E-state index in [1.165, 1.54) is 6.07 Å². The van der Waals surface area contributed by atoms with Crippen molar-refractivity contribution in [2.24, 2.45) is 0 Å². The van der Waals surface area contributed by atoms with Gasteiger partial charge in [0.1, 0.15) is 5.75 Å². The van der Waals surface area contributed by atoms with Crippen molar-refractivity contribution in [2.45, 2.75) is 19.1 Å². The summed E-state index contributed by atoms with van der Waals surface area (Å²) in [6.45, 7) is 1.81. The van der Waals surface area contributed by atoms with Crippen LogP contribution in [0.4, 0.5) is 18.9 Å². The van der Waals surface area contributed by atoms with Gasteiger partial charge in [-0.25, -0.2) is 0 Å². The van der Waals surface area contributed by atoms with Crippen LogP contribution < -0.4 is 5.32 Å². The zero-order valence-corrected chi connectivity index (χ0v) is 12.7. The molecule has 2 aromatic rings. The highest BCUT2D eigenvalue weighted by molar-refractivity contribution is 9.10. The van der Waals surface area contributed by atoms with Crippen LogP contribution in [0.15, 0.2) is 46.9 Å². The highest BCUT2D eigenvalue weighted by atomic mass is 79.9. The van der Waals surface area contributed by atoms with E-state index < -0.39 is 11.7 Å². The minimum Gasteiger partial charge on any atom is -0.508 e. The van der Waals surface area contributed by atoms with Crippen molar-refractivity contribution in [1.82, 2.24) is 0 Å². The first-order chi connectivity index (χ1) is 9.75. The molecule has 2 N–H and O–H groups in total. The lowest BCUT2D eigenvalue weighted by Crippen LogP contribution is -2.09. The first kappa shape index (κ1) is 15.7. The fourth-order valence-electron chi connectivity index (χ4n) is 1.96. The number of phenols is 1. The van der Waals surface area contributed by atoms with Crippen LogP contribution in [0.2, 0.25) is 0 Å². The molecule has 0 aromatic heterocycles. The fourth-order valence-corrected chi connectivity index (χ4v) is 2.46. The van der Waals surface area contributed by atoms with Crippen molar-refractivity contribution in [3.8, 4) is 5.75 Å². The van der Waals surface area contributed by atoms with Gasteiger partial charge in [-0.15, -0.1) is 0 Å². The molecular formula is C15H13BrF3NO. The van der Waals surface area contributed by atoms with Crippen molar-refractivity contribution >= 4 is 21.6 Å². The summed E-state index contributed by atoms with van der Waals surface area (Å²) in [6, 6.07) is 10.0. The van der Waals surface area contributed by atoms with Crippen LogP contribution in [-0.2, 0) is 6.18 Å². The first-order valence-corrected chi connectivity index (χ1v) is 6.98. The Morgan fingerprint density at radius 3 is 2.48 bits per heavy atom. The Morgan fingerprint density at radius 2 is 1.86 bits per heavy atom. The van der Waals surface area contributed by atoms with Crippen molar-refractivity contribution in [3.05, 3.63) is 58.1 Å². The van der Waals surface area contributed by atoms with Gasteiger partial charge in [-0.1, -0.05) is 28.1 Å². The number of alkyl halides is 3. The molecule has 0 saturated heterocycles. The molecule has 21 heavy (non-hydrogen) atoms. The maximum Gasteiger partial charge on any atom is 0.416 e. The van der Waals surface area contributed by atoms with Gasteiger partial charge in [0.25, 0.3) is 0 Å². The number of anilines is 1. The van der Waals surface area contributed by atoms with Crippen molar-refractivity contribution in [1.29, 1.82) is 0 Å². The molecule has 0 bridgehead atoms. The number of rotatable bonds is 3. The number of benzene rings is 2. The van der Waals surface area contributed by atoms with Gasteiger partial charge < -0.3 is 10.4 Å². The van der Waals surface area contributed by atoms with Crippen molar-refractivity contribution in [2.75, 3.05) is 5.32 Å². The van der Waals surface area contributed by atoms with Gasteiger partial charge in [0.15, 0.2) is 0 Å². The second kappa shape index (κ2) is 5.97. The van der Waals surface area contributed by atoms with Crippen LogP contribution in [-0.4, -0.2) is 5.11 Å². The van der Waals surface area contributed by atoms with Gasteiger partial charge in [-0.3, -0.25) is 0 Å². The van der Waals surface area contributed by atoms with Crippen LogP contribution in [0.25, 0.3) is 0 Å². The highest BCUT2D eigenvalue weighted by Crippen LogP contribution is 2.34. The average molecular weight is 360 g/mol. The standard InChI is InChI=1S/C15H13BrF3NO/c1-9(10-3-2-4-14(21)5-10)20-13-7-11(15(17,18)19)6-12(16)8-13/h2-9,20-21H,1H3. The molecule has 1 unspecified atom stereocenters. The predicted molar refractivity (Wildman–Crippen MR) is 79.3 cm³/mol. The summed E-state index contributed by atoms with van der Waals surface area (Å²) in [5, 5.41) is 12.4. The van der Waals surface area contributed by atoms with Crippen LogP contribution >= 0.6 is 15.9 Å². The first-order valence-electron chi connectivity index (χ1n) is 6.19. The number of phenolic OH excluding ortho intramolecular Hbond substituents is 1. The van der Waals surface area contributed by atoms with Gasteiger partial charge in [0, 0.05) is 16.2 Å². The summed E-state index contributed by atoms with van der Waals surface area (Å²) in [5.41, 5.74) is 0.415. The van der Waals surface area contributed by atoms with E-state index in [9.17, 15) is 18.3 Å². The Bertz CT molecular complexity index is 643. The quantitative estimate of drug-likeness (QED) is 0.774. The molecule has 2 rings (SSSR count). The van der Waals surface area contributed by atoms with E-state index in [1.54, 1.807) is 24.3 Å². The normalized spacial score (nSPS) is 13.0. The van der Waals surface area contributed by atoms with Crippen LogP contribution in [0, 0.1) is 0 Å². The zero-order chi connectivity index (χ0) is 15.6. The zero-order valence-electron chi connectivity index (χ0n) is 11.1. The number of aromatic hydroxyl groups is 1. The molecule has 0 fully saturated rings. The van der Waals surface area contributed by atoms with Crippen LogP contribution in [0.1, 0.15) is 24.1 Å². The van der Waals surface area contributed by atoms with Crippen LogP contribution in [0.3, 0.4) is 0 Å². The molecule has 0 radical (unpaired) electrons. The smallest absolute Gasteiger partial charge is 0.416 e. The van der Waals surface area contributed by atoms with Gasteiger partial charge in [-0.05, 0) is 42.8 Å². The summed E-state index contributed by atoms with van der Waals surface area (Å²) >= 11 is 3.08. The van der Waals surface area contributed by atoms with E-state index in [1.807, 2.05) is 6.92 Å². The lowest BCUT2D eigenvalue weighted by atomic mass is 10.1. The molecule has 2 nitrogen and oxygen atoms in total. The number of nitrogens with one attached hydrogen (secondary N) is 1. The molecule has 112 valence electrons. The van der Waals surface area contributed by atoms with E-state index in [-0.39, 0.29) is 11.8 Å². The Hall–Kier alpha value is -1.69. The Morgan fingerprint density at radius 1 is 1.14 bits per heavy atom. The predicted octanol–water partition coefficient (Wildman–Crippen LogP) is 5.35. The van der Waals surface area contributed by atoms with Gasteiger partial charge in [0.2, 0.25) is 0 Å². The molecule has 1 atom stereocenters. The summed E-state index contributed by atoms with van der Waals surface area (Å²) in [6.07, 6.45) is -4.39. The summed E-state index contributed by atoms with van der Waals surface area (Å²) in [4.78, 5) is 0. The lowest BCUT2D eigenvalue weighted by molar-refractivity contribution is -0.137. The molecule has 2 aromatic carbocycles.